The summed E-state index contributed by atoms with van der Waals surface area (Å²) in [6, 6.07) is 1.61. The van der Waals surface area contributed by atoms with Crippen LogP contribution in [-0.2, 0) is 20.5 Å². The van der Waals surface area contributed by atoms with Crippen LogP contribution in [0.5, 0.6) is 0 Å². The maximum atomic E-state index is 14.4. The molecule has 2 aromatic rings. The first-order valence-corrected chi connectivity index (χ1v) is 8.24. The number of hydrogen-bond donors (Lipinski definition) is 1. The maximum Gasteiger partial charge on any atom is 0.433 e. The summed E-state index contributed by atoms with van der Waals surface area (Å²) < 4.78 is 57.2. The van der Waals surface area contributed by atoms with Crippen LogP contribution in [0.2, 0.25) is 5.02 Å². The van der Waals surface area contributed by atoms with E-state index in [1.807, 2.05) is 0 Å². The van der Waals surface area contributed by atoms with Gasteiger partial charge in [0.05, 0.1) is 24.0 Å². The second-order valence-electron chi connectivity index (χ2n) is 5.68. The Labute approximate surface area is 169 Å². The van der Waals surface area contributed by atoms with E-state index in [9.17, 15) is 31.9 Å². The van der Waals surface area contributed by atoms with Crippen LogP contribution in [-0.4, -0.2) is 34.6 Å². The summed E-state index contributed by atoms with van der Waals surface area (Å²) in [5.41, 5.74) is -5.65. The second kappa shape index (κ2) is 8.57. The molecule has 0 aliphatic rings. The average Bonchev–Trinajstić information content (AvgIpc) is 2.65. The standard InChI is InChI=1S/C16H13ClF4N4O5/c1-7(14(27)29-2)30-23-6-8-3-11(10(18)4-9(8)17)24-13(26)5-12(16(19,20)21)25(22)15(24)28/h3-7H,22H2,1-2H3/b23-6+. The van der Waals surface area contributed by atoms with Crippen molar-refractivity contribution in [3.05, 3.63) is 61.1 Å². The molecule has 1 aromatic carbocycles. The van der Waals surface area contributed by atoms with E-state index in [1.165, 1.54) is 6.92 Å². The highest BCUT2D eigenvalue weighted by Gasteiger charge is 2.36. The third-order valence-corrected chi connectivity index (χ3v) is 4.01. The number of oxime groups is 1. The monoisotopic (exact) mass is 452 g/mol. The summed E-state index contributed by atoms with van der Waals surface area (Å²) in [7, 11) is 1.13. The number of nitrogen functional groups attached to an aromatic ring is 1. The molecule has 2 N–H and O–H groups in total. The molecule has 1 heterocycles. The van der Waals surface area contributed by atoms with Crippen molar-refractivity contribution in [3.63, 3.8) is 0 Å². The summed E-state index contributed by atoms with van der Waals surface area (Å²) in [5.74, 6) is 3.20. The molecule has 0 aliphatic heterocycles. The van der Waals surface area contributed by atoms with Gasteiger partial charge in [-0.25, -0.2) is 23.2 Å². The van der Waals surface area contributed by atoms with Crippen molar-refractivity contribution in [1.82, 2.24) is 9.24 Å². The number of nitrogens with two attached hydrogens (primary N) is 1. The molecule has 0 amide bonds. The highest BCUT2D eigenvalue weighted by Crippen LogP contribution is 2.27. The number of esters is 1. The Hall–Kier alpha value is -3.35. The van der Waals surface area contributed by atoms with Gasteiger partial charge in [-0.2, -0.15) is 13.2 Å². The third-order valence-electron chi connectivity index (χ3n) is 3.68. The number of nitrogens with zero attached hydrogens (tertiary/aromatic N) is 3. The zero-order valence-electron chi connectivity index (χ0n) is 15.2. The molecule has 14 heteroatoms. The molecule has 1 aromatic heterocycles. The highest BCUT2D eigenvalue weighted by molar-refractivity contribution is 6.33. The number of benzene rings is 1. The van der Waals surface area contributed by atoms with E-state index in [0.29, 0.717) is 6.07 Å². The van der Waals surface area contributed by atoms with Crippen LogP contribution in [0.25, 0.3) is 5.69 Å². The normalized spacial score (nSPS) is 12.8. The number of aromatic nitrogens is 2. The van der Waals surface area contributed by atoms with E-state index < -0.39 is 46.7 Å². The first kappa shape index (κ1) is 22.9. The lowest BCUT2D eigenvalue weighted by molar-refractivity contribution is -0.152. The van der Waals surface area contributed by atoms with Gasteiger partial charge in [-0.15, -0.1) is 0 Å². The van der Waals surface area contributed by atoms with Gasteiger partial charge < -0.3 is 15.4 Å². The van der Waals surface area contributed by atoms with E-state index >= 15 is 0 Å². The van der Waals surface area contributed by atoms with Crippen LogP contribution in [0.1, 0.15) is 18.2 Å². The second-order valence-corrected chi connectivity index (χ2v) is 6.09. The van der Waals surface area contributed by atoms with Crippen molar-refractivity contribution in [3.8, 4) is 5.69 Å². The van der Waals surface area contributed by atoms with Crippen molar-refractivity contribution < 1.29 is 31.9 Å². The summed E-state index contributed by atoms with van der Waals surface area (Å²) in [5, 5.41) is 3.23. The van der Waals surface area contributed by atoms with Gasteiger partial charge in [0.25, 0.3) is 5.56 Å². The molecule has 0 saturated heterocycles. The van der Waals surface area contributed by atoms with E-state index in [0.717, 1.165) is 19.4 Å². The van der Waals surface area contributed by atoms with Crippen LogP contribution in [0, 0.1) is 5.82 Å². The molecule has 9 nitrogen and oxygen atoms in total. The summed E-state index contributed by atoms with van der Waals surface area (Å²) >= 11 is 5.87. The van der Waals surface area contributed by atoms with Gasteiger partial charge in [0.2, 0.25) is 6.10 Å². The lowest BCUT2D eigenvalue weighted by atomic mass is 10.2. The number of alkyl halides is 3. The fourth-order valence-corrected chi connectivity index (χ4v) is 2.41. The smallest absolute Gasteiger partial charge is 0.433 e. The SMILES string of the molecule is COC(=O)C(C)O/N=C/c1cc(-n2c(=O)cc(C(F)(F)F)n(N)c2=O)c(F)cc1Cl. The first-order chi connectivity index (χ1) is 13.9. The van der Waals surface area contributed by atoms with Crippen molar-refractivity contribution in [2.45, 2.75) is 19.2 Å². The fraction of sp³-hybridized carbons (Fsp3) is 0.250. The molecule has 0 radical (unpaired) electrons. The summed E-state index contributed by atoms with van der Waals surface area (Å²) in [4.78, 5) is 40.4. The molecule has 0 saturated carbocycles. The molecule has 0 bridgehead atoms. The third kappa shape index (κ3) is 4.62. The summed E-state index contributed by atoms with van der Waals surface area (Å²) in [6.07, 6.45) is -5.25. The number of rotatable bonds is 5. The Balaban J connectivity index is 2.56. The van der Waals surface area contributed by atoms with Crippen LogP contribution in [0.3, 0.4) is 0 Å². The molecular formula is C16H13ClF4N4O5. The Kier molecular flexibility index (Phi) is 6.55. The van der Waals surface area contributed by atoms with Gasteiger partial charge >= 0.3 is 17.8 Å². The van der Waals surface area contributed by atoms with E-state index in [2.05, 4.69) is 9.89 Å². The van der Waals surface area contributed by atoms with Gasteiger partial charge in [0.15, 0.2) is 5.69 Å². The predicted molar refractivity (Wildman–Crippen MR) is 96.6 cm³/mol. The highest BCUT2D eigenvalue weighted by atomic mass is 35.5. The van der Waals surface area contributed by atoms with E-state index in [1.54, 1.807) is 0 Å². The Morgan fingerprint density at radius 2 is 1.93 bits per heavy atom. The number of carbonyl (C=O) groups is 1. The molecular weight excluding hydrogens is 440 g/mol. The van der Waals surface area contributed by atoms with Crippen molar-refractivity contribution in [1.29, 1.82) is 0 Å². The molecule has 0 aliphatic carbocycles. The van der Waals surface area contributed by atoms with Gasteiger partial charge in [-0.05, 0) is 19.1 Å². The Morgan fingerprint density at radius 3 is 2.50 bits per heavy atom. The van der Waals surface area contributed by atoms with Crippen LogP contribution in [0.4, 0.5) is 17.6 Å². The minimum absolute atomic E-state index is 0.0460. The van der Waals surface area contributed by atoms with E-state index in [-0.39, 0.29) is 25.9 Å². The van der Waals surface area contributed by atoms with Crippen LogP contribution < -0.4 is 17.1 Å². The summed E-state index contributed by atoms with van der Waals surface area (Å²) in [6.45, 7) is 1.33. The van der Waals surface area contributed by atoms with Crippen molar-refractivity contribution >= 4 is 23.8 Å². The van der Waals surface area contributed by atoms with Crippen molar-refractivity contribution in [2.24, 2.45) is 5.16 Å². The minimum atomic E-state index is -5.09. The van der Waals surface area contributed by atoms with Gasteiger partial charge in [-0.3, -0.25) is 4.79 Å². The lowest BCUT2D eigenvalue weighted by Gasteiger charge is -2.14. The molecule has 1 unspecified atom stereocenters. The lowest BCUT2D eigenvalue weighted by Crippen LogP contribution is -2.45. The predicted octanol–water partition coefficient (Wildman–Crippen LogP) is 1.44. The maximum absolute atomic E-state index is 14.4. The molecule has 2 rings (SSSR count). The number of halogens is 5. The number of methoxy groups -OCH3 is 1. The topological polar surface area (TPSA) is 118 Å². The number of carbonyl (C=O) groups excluding carboxylic acids is 1. The number of hydrogen-bond acceptors (Lipinski definition) is 7. The molecule has 0 spiro atoms. The average molecular weight is 453 g/mol. The van der Waals surface area contributed by atoms with Gasteiger partial charge in [0.1, 0.15) is 5.82 Å². The molecule has 30 heavy (non-hydrogen) atoms. The Morgan fingerprint density at radius 1 is 1.30 bits per heavy atom. The van der Waals surface area contributed by atoms with Gasteiger partial charge in [-0.1, -0.05) is 16.8 Å². The zero-order chi connectivity index (χ0) is 22.8. The largest absolute Gasteiger partial charge is 0.466 e. The minimum Gasteiger partial charge on any atom is -0.466 e. The van der Waals surface area contributed by atoms with Crippen LogP contribution in [0.15, 0.2) is 32.9 Å². The Bertz CT molecular complexity index is 1130. The molecule has 0 fully saturated rings. The fourth-order valence-electron chi connectivity index (χ4n) is 2.21. The zero-order valence-corrected chi connectivity index (χ0v) is 16.0. The van der Waals surface area contributed by atoms with Crippen molar-refractivity contribution in [2.75, 3.05) is 13.0 Å². The quantitative estimate of drug-likeness (QED) is 0.241. The molecule has 162 valence electrons. The number of ether oxygens (including phenoxy) is 1. The molecule has 1 atom stereocenters. The van der Waals surface area contributed by atoms with Gasteiger partial charge in [0, 0.05) is 11.6 Å². The van der Waals surface area contributed by atoms with Crippen LogP contribution >= 0.6 is 11.6 Å². The first-order valence-electron chi connectivity index (χ1n) is 7.86. The van der Waals surface area contributed by atoms with E-state index in [4.69, 9.17) is 22.3 Å².